The van der Waals surface area contributed by atoms with Crippen LogP contribution in [0.5, 0.6) is 0 Å². The zero-order valence-corrected chi connectivity index (χ0v) is 28.5. The lowest BCUT2D eigenvalue weighted by molar-refractivity contribution is 0.833. The van der Waals surface area contributed by atoms with Crippen molar-refractivity contribution in [1.29, 1.82) is 0 Å². The van der Waals surface area contributed by atoms with Crippen molar-refractivity contribution in [1.82, 2.24) is 10.6 Å². The van der Waals surface area contributed by atoms with Gasteiger partial charge in [0.25, 0.3) is 0 Å². The lowest BCUT2D eigenvalue weighted by atomic mass is 9.58. The molecule has 0 amide bonds. The molecule has 0 bridgehead atoms. The average molecular weight is 640 g/mol. The molecule has 4 heteroatoms. The first-order valence-corrected chi connectivity index (χ1v) is 17.1. The van der Waals surface area contributed by atoms with Gasteiger partial charge >= 0.3 is 0 Å². The highest BCUT2D eigenvalue weighted by Crippen LogP contribution is 2.38. The van der Waals surface area contributed by atoms with Gasteiger partial charge in [-0.05, 0) is 36.1 Å². The summed E-state index contributed by atoms with van der Waals surface area (Å²) < 4.78 is 0. The Morgan fingerprint density at radius 1 is 0.340 bits per heavy atom. The molecular weight excluding hydrogens is 602 g/mol. The first-order chi connectivity index (χ1) is 24.7. The number of allylic oxidation sites excluding steroid dienone is 4. The van der Waals surface area contributed by atoms with Crippen LogP contribution >= 0.6 is 0 Å². The average Bonchev–Trinajstić information content (AvgIpc) is 3.18. The molecule has 0 saturated carbocycles. The molecular formula is C46H38B2N2. The first-order valence-electron chi connectivity index (χ1n) is 17.1. The minimum absolute atomic E-state index is 1.04. The van der Waals surface area contributed by atoms with Crippen LogP contribution in [0.15, 0.2) is 205 Å². The molecule has 6 aromatic rings. The van der Waals surface area contributed by atoms with Crippen LogP contribution in [0.1, 0.15) is 36.1 Å². The van der Waals surface area contributed by atoms with E-state index in [0.29, 0.717) is 0 Å². The summed E-state index contributed by atoms with van der Waals surface area (Å²) in [5.41, 5.74) is 15.6. The SMILES string of the molecule is CC1=C(/C(=C(/[B]c2ccccc2)c2ccccc2)c2ccccc2)NC(C)=C(/C(=C(/[B]c2ccccc2)c2ccccc2)c2ccccc2)N1. The smallest absolute Gasteiger partial charge is 0.193 e. The van der Waals surface area contributed by atoms with Crippen LogP contribution < -0.4 is 21.6 Å². The molecule has 0 aliphatic carbocycles. The Morgan fingerprint density at radius 3 is 0.900 bits per heavy atom. The van der Waals surface area contributed by atoms with E-state index >= 15 is 0 Å². The largest absolute Gasteiger partial charge is 0.356 e. The van der Waals surface area contributed by atoms with E-state index in [4.69, 9.17) is 0 Å². The zero-order valence-electron chi connectivity index (χ0n) is 28.5. The van der Waals surface area contributed by atoms with Gasteiger partial charge in [-0.1, -0.05) is 204 Å². The van der Waals surface area contributed by atoms with E-state index in [9.17, 15) is 0 Å². The Labute approximate surface area is 298 Å². The summed E-state index contributed by atoms with van der Waals surface area (Å²) in [5, 5.41) is 7.88. The van der Waals surface area contributed by atoms with Crippen LogP contribution in [0.4, 0.5) is 0 Å². The highest BCUT2D eigenvalue weighted by Gasteiger charge is 2.27. The van der Waals surface area contributed by atoms with Crippen molar-refractivity contribution in [2.24, 2.45) is 0 Å². The summed E-state index contributed by atoms with van der Waals surface area (Å²) in [5.74, 6) is 0. The molecule has 2 nitrogen and oxygen atoms in total. The summed E-state index contributed by atoms with van der Waals surface area (Å²) in [6.07, 6.45) is 0. The summed E-state index contributed by atoms with van der Waals surface area (Å²) >= 11 is 0. The fraction of sp³-hybridized carbons (Fsp3) is 0.0435. The van der Waals surface area contributed by atoms with Crippen molar-refractivity contribution < 1.29 is 0 Å². The Kier molecular flexibility index (Phi) is 10.1. The summed E-state index contributed by atoms with van der Waals surface area (Å²) in [6, 6.07) is 63.9. The molecule has 6 aromatic carbocycles. The van der Waals surface area contributed by atoms with Gasteiger partial charge in [0.05, 0.1) is 11.4 Å². The monoisotopic (exact) mass is 640 g/mol. The third-order valence-electron chi connectivity index (χ3n) is 8.93. The summed E-state index contributed by atoms with van der Waals surface area (Å²) in [4.78, 5) is 0. The van der Waals surface area contributed by atoms with Gasteiger partial charge in [0.2, 0.25) is 0 Å². The van der Waals surface area contributed by atoms with Gasteiger partial charge < -0.3 is 10.6 Å². The van der Waals surface area contributed by atoms with E-state index < -0.39 is 0 Å². The molecule has 0 fully saturated rings. The number of rotatable bonds is 10. The van der Waals surface area contributed by atoms with Crippen molar-refractivity contribution in [3.05, 3.63) is 227 Å². The minimum atomic E-state index is 1.04. The predicted octanol–water partition coefficient (Wildman–Crippen LogP) is 8.84. The summed E-state index contributed by atoms with van der Waals surface area (Å²) in [6.45, 7) is 4.35. The standard InChI is InChI=1S/C46H38B2N2/c1-33-45(41(35-21-9-3-10-22-35)43(37-25-13-5-14-26-37)47-39-29-17-7-18-30-39)50-34(2)46(49-33)42(36-23-11-4-12-24-36)44(38-27-15-6-16-28-38)48-40-31-19-8-20-32-40/h3-32,49-50H,1-2H3/b43-41+,44-42+. The molecule has 0 aromatic heterocycles. The lowest BCUT2D eigenvalue weighted by Crippen LogP contribution is -2.32. The molecule has 0 unspecified atom stereocenters. The van der Waals surface area contributed by atoms with Gasteiger partial charge in [0.15, 0.2) is 14.6 Å². The van der Waals surface area contributed by atoms with Gasteiger partial charge in [0, 0.05) is 22.5 Å². The van der Waals surface area contributed by atoms with E-state index in [2.05, 4.69) is 221 Å². The molecule has 0 spiro atoms. The number of hydrogen-bond donors (Lipinski definition) is 2. The van der Waals surface area contributed by atoms with Crippen LogP contribution in [0.2, 0.25) is 0 Å². The number of benzene rings is 6. The maximum absolute atomic E-state index is 3.94. The Morgan fingerprint density at radius 2 is 0.600 bits per heavy atom. The highest BCUT2D eigenvalue weighted by atomic mass is 15.0. The molecule has 0 saturated heterocycles. The van der Waals surface area contributed by atoms with Crippen LogP contribution in [0.25, 0.3) is 22.1 Å². The van der Waals surface area contributed by atoms with Crippen molar-refractivity contribution >= 4 is 47.6 Å². The Hall–Kier alpha value is -5.99. The Bertz CT molecular complexity index is 2010. The van der Waals surface area contributed by atoms with Gasteiger partial charge in [-0.2, -0.15) is 0 Å². The molecule has 2 N–H and O–H groups in total. The molecule has 1 aliphatic heterocycles. The van der Waals surface area contributed by atoms with Gasteiger partial charge in [0.1, 0.15) is 0 Å². The van der Waals surface area contributed by atoms with Crippen molar-refractivity contribution in [3.63, 3.8) is 0 Å². The third kappa shape index (κ3) is 7.36. The highest BCUT2D eigenvalue weighted by molar-refractivity contribution is 6.76. The van der Waals surface area contributed by atoms with E-state index in [-0.39, 0.29) is 0 Å². The fourth-order valence-corrected chi connectivity index (χ4v) is 6.53. The van der Waals surface area contributed by atoms with E-state index in [1.165, 1.54) is 0 Å². The molecule has 2 radical (unpaired) electrons. The van der Waals surface area contributed by atoms with Gasteiger partial charge in [-0.15, -0.1) is 0 Å². The van der Waals surface area contributed by atoms with Crippen molar-refractivity contribution in [2.45, 2.75) is 13.8 Å². The van der Waals surface area contributed by atoms with Crippen molar-refractivity contribution in [2.75, 3.05) is 0 Å². The topological polar surface area (TPSA) is 24.1 Å². The second kappa shape index (κ2) is 15.5. The second-order valence-corrected chi connectivity index (χ2v) is 12.4. The van der Waals surface area contributed by atoms with Crippen LogP contribution in [-0.4, -0.2) is 14.6 Å². The van der Waals surface area contributed by atoms with Gasteiger partial charge in [-0.3, -0.25) is 0 Å². The molecule has 238 valence electrons. The lowest BCUT2D eigenvalue weighted by Gasteiger charge is -2.32. The molecule has 50 heavy (non-hydrogen) atoms. The third-order valence-corrected chi connectivity index (χ3v) is 8.93. The zero-order chi connectivity index (χ0) is 34.1. The quantitative estimate of drug-likeness (QED) is 0.116. The van der Waals surface area contributed by atoms with E-state index in [0.717, 1.165) is 78.1 Å². The maximum Gasteiger partial charge on any atom is 0.193 e. The normalized spacial score (nSPS) is 13.8. The fourth-order valence-electron chi connectivity index (χ4n) is 6.53. The van der Waals surface area contributed by atoms with E-state index in [1.807, 2.05) is 0 Å². The van der Waals surface area contributed by atoms with Crippen LogP contribution in [-0.2, 0) is 0 Å². The van der Waals surface area contributed by atoms with Gasteiger partial charge in [-0.25, -0.2) is 0 Å². The Balaban J connectivity index is 1.43. The molecule has 1 aliphatic rings. The number of hydrogen-bond acceptors (Lipinski definition) is 2. The molecule has 0 atom stereocenters. The first kappa shape index (κ1) is 32.6. The maximum atomic E-state index is 3.94. The van der Waals surface area contributed by atoms with Crippen LogP contribution in [0, 0.1) is 0 Å². The number of nitrogens with one attached hydrogen (secondary N) is 2. The van der Waals surface area contributed by atoms with E-state index in [1.54, 1.807) is 0 Å². The molecule has 7 rings (SSSR count). The second-order valence-electron chi connectivity index (χ2n) is 12.4. The predicted molar refractivity (Wildman–Crippen MR) is 215 cm³/mol. The van der Waals surface area contributed by atoms with Crippen molar-refractivity contribution in [3.8, 4) is 0 Å². The van der Waals surface area contributed by atoms with Crippen LogP contribution in [0.3, 0.4) is 0 Å². The summed E-state index contributed by atoms with van der Waals surface area (Å²) in [7, 11) is 4.59. The minimum Gasteiger partial charge on any atom is -0.356 e. The molecule has 1 heterocycles.